The van der Waals surface area contributed by atoms with E-state index in [0.29, 0.717) is 24.9 Å². The van der Waals surface area contributed by atoms with Crippen molar-refractivity contribution in [2.24, 2.45) is 0 Å². The fraction of sp³-hybridized carbons (Fsp3) is 0.438. The highest BCUT2D eigenvalue weighted by atomic mass is 16.3. The van der Waals surface area contributed by atoms with Crippen LogP contribution < -0.4 is 5.32 Å². The summed E-state index contributed by atoms with van der Waals surface area (Å²) >= 11 is 0. The lowest BCUT2D eigenvalue weighted by Crippen LogP contribution is -2.52. The first-order valence-corrected chi connectivity index (χ1v) is 7.67. The normalized spacial score (nSPS) is 21.4. The minimum Gasteiger partial charge on any atom is -0.388 e. The molecule has 1 aliphatic rings. The fourth-order valence-electron chi connectivity index (χ4n) is 3.14. The number of rotatable bonds is 3. The zero-order valence-corrected chi connectivity index (χ0v) is 13.0. The number of nitrogens with zero attached hydrogens (tertiary/aromatic N) is 2. The molecule has 3 N–H and O–H groups in total. The molecule has 0 spiro atoms. The van der Waals surface area contributed by atoms with E-state index in [1.165, 1.54) is 7.05 Å². The predicted octanol–water partition coefficient (Wildman–Crippen LogP) is 0.666. The summed E-state index contributed by atoms with van der Waals surface area (Å²) in [6.45, 7) is 0.733. The highest BCUT2D eigenvalue weighted by molar-refractivity contribution is 6.06. The monoisotopic (exact) mass is 316 g/mol. The lowest BCUT2D eigenvalue weighted by molar-refractivity contribution is -0.127. The van der Waals surface area contributed by atoms with Gasteiger partial charge < -0.3 is 15.3 Å². The molecule has 2 aromatic rings. The average Bonchev–Trinajstić information content (AvgIpc) is 3.02. The van der Waals surface area contributed by atoms with Gasteiger partial charge in [-0.05, 0) is 25.0 Å². The molecule has 3 rings (SSSR count). The number of benzene rings is 1. The number of hydrogen-bond donors (Lipinski definition) is 3. The van der Waals surface area contributed by atoms with Crippen LogP contribution in [-0.4, -0.2) is 57.8 Å². The quantitative estimate of drug-likeness (QED) is 0.775. The van der Waals surface area contributed by atoms with Gasteiger partial charge in [0.25, 0.3) is 5.91 Å². The molecule has 1 aliphatic heterocycles. The van der Waals surface area contributed by atoms with Crippen molar-refractivity contribution in [3.63, 3.8) is 0 Å². The van der Waals surface area contributed by atoms with Crippen molar-refractivity contribution in [2.45, 2.75) is 24.9 Å². The smallest absolute Gasteiger partial charge is 0.254 e. The van der Waals surface area contributed by atoms with Crippen LogP contribution in [0.4, 0.5) is 0 Å². The maximum absolute atomic E-state index is 12.8. The first kappa shape index (κ1) is 15.5. The summed E-state index contributed by atoms with van der Waals surface area (Å²) in [6.07, 6.45) is 2.81. The maximum Gasteiger partial charge on any atom is 0.254 e. The molecule has 7 nitrogen and oxygen atoms in total. The second-order valence-corrected chi connectivity index (χ2v) is 6.04. The number of likely N-dealkylation sites (tertiary alicyclic amines) is 1. The zero-order chi connectivity index (χ0) is 16.4. The molecule has 2 heterocycles. The van der Waals surface area contributed by atoms with Crippen molar-refractivity contribution in [3.8, 4) is 0 Å². The molecule has 0 radical (unpaired) electrons. The van der Waals surface area contributed by atoms with Crippen LogP contribution in [0.15, 0.2) is 24.4 Å². The summed E-state index contributed by atoms with van der Waals surface area (Å²) in [7, 11) is 1.54. The molecule has 0 aliphatic carbocycles. The molecular weight excluding hydrogens is 296 g/mol. The summed E-state index contributed by atoms with van der Waals surface area (Å²) in [5.74, 6) is -0.370. The largest absolute Gasteiger partial charge is 0.388 e. The van der Waals surface area contributed by atoms with Crippen LogP contribution in [-0.2, 0) is 4.79 Å². The standard InChI is InChI=1S/C16H20N4O3/c1-17-14(21)8-16(23)6-3-7-20(10-16)15(22)11-4-2-5-13-12(11)9-18-19-13/h2,4-5,9,23H,3,6-8,10H2,1H3,(H,17,21)(H,18,19). The summed E-state index contributed by atoms with van der Waals surface area (Å²) < 4.78 is 0. The van der Waals surface area contributed by atoms with Crippen LogP contribution in [0.1, 0.15) is 29.6 Å². The first-order chi connectivity index (χ1) is 11.0. The number of piperidine rings is 1. The third kappa shape index (κ3) is 3.05. The number of amides is 2. The van der Waals surface area contributed by atoms with Gasteiger partial charge in [0.2, 0.25) is 5.91 Å². The molecule has 122 valence electrons. The number of aromatic nitrogens is 2. The third-order valence-electron chi connectivity index (χ3n) is 4.33. The Morgan fingerprint density at radius 2 is 2.30 bits per heavy atom. The van der Waals surface area contributed by atoms with Crippen LogP contribution in [0, 0.1) is 0 Å². The van der Waals surface area contributed by atoms with E-state index < -0.39 is 5.60 Å². The Morgan fingerprint density at radius 3 is 3.09 bits per heavy atom. The zero-order valence-electron chi connectivity index (χ0n) is 13.0. The van der Waals surface area contributed by atoms with Crippen LogP contribution in [0.25, 0.3) is 10.9 Å². The molecule has 23 heavy (non-hydrogen) atoms. The highest BCUT2D eigenvalue weighted by Gasteiger charge is 2.37. The SMILES string of the molecule is CNC(=O)CC1(O)CCCN(C(=O)c2cccc3[nH]ncc23)C1. The van der Waals surface area contributed by atoms with E-state index in [1.54, 1.807) is 23.2 Å². The van der Waals surface area contributed by atoms with Crippen LogP contribution in [0.2, 0.25) is 0 Å². The van der Waals surface area contributed by atoms with E-state index in [0.717, 1.165) is 10.9 Å². The number of hydrogen-bond acceptors (Lipinski definition) is 4. The van der Waals surface area contributed by atoms with Gasteiger partial charge in [-0.25, -0.2) is 0 Å². The van der Waals surface area contributed by atoms with Crippen molar-refractivity contribution < 1.29 is 14.7 Å². The second kappa shape index (κ2) is 6.00. The molecule has 1 fully saturated rings. The lowest BCUT2D eigenvalue weighted by atomic mass is 9.89. The van der Waals surface area contributed by atoms with Gasteiger partial charge >= 0.3 is 0 Å². The van der Waals surface area contributed by atoms with E-state index in [-0.39, 0.29) is 24.8 Å². The Kier molecular flexibility index (Phi) is 4.04. The van der Waals surface area contributed by atoms with Crippen LogP contribution in [0.3, 0.4) is 0 Å². The average molecular weight is 316 g/mol. The summed E-state index contributed by atoms with van der Waals surface area (Å²) in [5.41, 5.74) is 0.187. The molecule has 0 saturated carbocycles. The third-order valence-corrected chi connectivity index (χ3v) is 4.33. The highest BCUT2D eigenvalue weighted by Crippen LogP contribution is 2.27. The number of carbonyl (C=O) groups excluding carboxylic acids is 2. The van der Waals surface area contributed by atoms with E-state index in [4.69, 9.17) is 0 Å². The minimum absolute atomic E-state index is 0.00317. The number of aliphatic hydroxyl groups is 1. The molecule has 2 amide bonds. The number of nitrogens with one attached hydrogen (secondary N) is 2. The van der Waals surface area contributed by atoms with E-state index in [1.807, 2.05) is 6.07 Å². The van der Waals surface area contributed by atoms with Gasteiger partial charge in [0.15, 0.2) is 0 Å². The van der Waals surface area contributed by atoms with Crippen molar-refractivity contribution in [1.29, 1.82) is 0 Å². The Balaban J connectivity index is 1.82. The van der Waals surface area contributed by atoms with Gasteiger partial charge in [-0.15, -0.1) is 0 Å². The van der Waals surface area contributed by atoms with E-state index in [9.17, 15) is 14.7 Å². The molecule has 1 aromatic carbocycles. The predicted molar refractivity (Wildman–Crippen MR) is 84.9 cm³/mol. The number of aromatic amines is 1. The molecule has 1 saturated heterocycles. The first-order valence-electron chi connectivity index (χ1n) is 7.67. The summed E-state index contributed by atoms with van der Waals surface area (Å²) in [6, 6.07) is 5.41. The lowest BCUT2D eigenvalue weighted by Gasteiger charge is -2.39. The van der Waals surface area contributed by atoms with Crippen molar-refractivity contribution >= 4 is 22.7 Å². The van der Waals surface area contributed by atoms with Crippen molar-refractivity contribution in [2.75, 3.05) is 20.1 Å². The Morgan fingerprint density at radius 1 is 1.48 bits per heavy atom. The van der Waals surface area contributed by atoms with Gasteiger partial charge in [-0.2, -0.15) is 5.10 Å². The topological polar surface area (TPSA) is 98.3 Å². The number of β-amino-alcohol motifs (C(OH)–C–C–N with tert-alkyl or cyclic N) is 1. The van der Waals surface area contributed by atoms with Gasteiger partial charge in [-0.3, -0.25) is 14.7 Å². The molecule has 1 aromatic heterocycles. The molecule has 1 atom stereocenters. The number of H-pyrrole nitrogens is 1. The van der Waals surface area contributed by atoms with Gasteiger partial charge in [0.1, 0.15) is 0 Å². The molecular formula is C16H20N4O3. The Bertz CT molecular complexity index is 742. The Labute approximate surface area is 133 Å². The number of carbonyl (C=O) groups is 2. The Hall–Kier alpha value is -2.41. The maximum atomic E-state index is 12.8. The van der Waals surface area contributed by atoms with Crippen LogP contribution >= 0.6 is 0 Å². The molecule has 7 heteroatoms. The van der Waals surface area contributed by atoms with E-state index in [2.05, 4.69) is 15.5 Å². The summed E-state index contributed by atoms with van der Waals surface area (Å²) in [5, 5.41) is 20.7. The van der Waals surface area contributed by atoms with Crippen molar-refractivity contribution in [3.05, 3.63) is 30.0 Å². The van der Waals surface area contributed by atoms with Gasteiger partial charge in [-0.1, -0.05) is 6.07 Å². The van der Waals surface area contributed by atoms with Crippen LogP contribution in [0.5, 0.6) is 0 Å². The molecule has 0 bridgehead atoms. The number of fused-ring (bicyclic) bond motifs is 1. The fourth-order valence-corrected chi connectivity index (χ4v) is 3.14. The molecule has 1 unspecified atom stereocenters. The summed E-state index contributed by atoms with van der Waals surface area (Å²) in [4.78, 5) is 26.0. The second-order valence-electron chi connectivity index (χ2n) is 6.04. The van der Waals surface area contributed by atoms with Gasteiger partial charge in [0, 0.05) is 19.0 Å². The van der Waals surface area contributed by atoms with Gasteiger partial charge in [0.05, 0.1) is 35.8 Å². The van der Waals surface area contributed by atoms with Crippen molar-refractivity contribution in [1.82, 2.24) is 20.4 Å². The van der Waals surface area contributed by atoms with E-state index >= 15 is 0 Å². The minimum atomic E-state index is -1.17.